The average molecular weight is 1900 g/mol. The highest BCUT2D eigenvalue weighted by Gasteiger charge is 2.42. The molecule has 0 bridgehead atoms. The number of halogens is 4. The molecule has 4 aliphatic carbocycles. The molecule has 138 heavy (non-hydrogen) atoms. The van der Waals surface area contributed by atoms with Crippen LogP contribution in [0, 0.1) is 23.3 Å². The molecule has 5 aromatic carbocycles. The molecule has 0 radical (unpaired) electrons. The van der Waals surface area contributed by atoms with E-state index < -0.39 is 47.4 Å². The highest BCUT2D eigenvalue weighted by Crippen LogP contribution is 2.49. The van der Waals surface area contributed by atoms with Crippen LogP contribution in [0.5, 0.6) is 0 Å². The summed E-state index contributed by atoms with van der Waals surface area (Å²) in [5, 5.41) is 39.1. The number of carbonyl (C=O) groups excluding carboxylic acids is 4. The topological polar surface area (TPSA) is 513 Å². The largest absolute Gasteiger partial charge is 0.407 e. The molecule has 38 nitrogen and oxygen atoms in total. The van der Waals surface area contributed by atoms with Crippen molar-refractivity contribution < 1.29 is 45.7 Å². The first-order valence-electron chi connectivity index (χ1n) is 43.1. The van der Waals surface area contributed by atoms with Gasteiger partial charge >= 0.3 is 30.1 Å². The van der Waals surface area contributed by atoms with Gasteiger partial charge in [0.15, 0.2) is 5.65 Å². The van der Waals surface area contributed by atoms with E-state index in [1.165, 1.54) is 80.2 Å². The summed E-state index contributed by atoms with van der Waals surface area (Å²) in [4.78, 5) is 91.8. The van der Waals surface area contributed by atoms with Gasteiger partial charge in [-0.1, -0.05) is 123 Å². The first-order valence-corrected chi connectivity index (χ1v) is 43.9. The number of fused-ring (bicyclic) bond motifs is 4. The van der Waals surface area contributed by atoms with E-state index in [1.54, 1.807) is 35.0 Å². The maximum absolute atomic E-state index is 15.1. The Morgan fingerprint density at radius 2 is 0.855 bits per heavy atom. The molecule has 4 fully saturated rings. The van der Waals surface area contributed by atoms with Gasteiger partial charge in [-0.15, -0.1) is 10.2 Å². The number of para-hydroxylation sites is 1. The van der Waals surface area contributed by atoms with Crippen LogP contribution in [0.2, 0.25) is 0 Å². The number of benzene rings is 5. The van der Waals surface area contributed by atoms with Gasteiger partial charge in [0.1, 0.15) is 101 Å². The van der Waals surface area contributed by atoms with Crippen LogP contribution in [0.4, 0.5) is 106 Å². The minimum Gasteiger partial charge on any atom is -0.407 e. The van der Waals surface area contributed by atoms with E-state index in [4.69, 9.17) is 31.9 Å². The second-order valence-electron chi connectivity index (χ2n) is 36.4. The first kappa shape index (κ1) is 96.2. The Kier molecular flexibility index (Phi) is 26.6. The summed E-state index contributed by atoms with van der Waals surface area (Å²) in [5.74, 6) is 0.296. The normalized spacial score (nSPS) is 13.7. The zero-order chi connectivity index (χ0) is 94.8. The summed E-state index contributed by atoms with van der Waals surface area (Å²) in [6, 6.07) is 28.1. The van der Waals surface area contributed by atoms with Crippen LogP contribution < -0.4 is 65.5 Å². The van der Waals surface area contributed by atoms with E-state index in [0.717, 1.165) is 108 Å². The molecular weight excluding hydrogens is 1790 g/mol. The number of carbonyl (C=O) groups is 4. The number of aromatic nitrogens is 20. The highest BCUT2D eigenvalue weighted by molar-refractivity contribution is 7.09. The number of nitrogens with two attached hydrogens (primary N) is 4. The lowest BCUT2D eigenvalue weighted by Crippen LogP contribution is -2.24. The molecule has 12 heterocycles. The Hall–Kier alpha value is -16.4. The molecule has 0 saturated heterocycles. The SMILES string of the molecule is C.C.C.CC(C)(C)c1nnc(NC(=O)Nc2ccc(-c3cn(C4CC4)c4ncnc(N)c34)cc2F)o1.CC(C)(C)c1nsc(NC(=O)Nc2ccc(-c3cn(C4CC4)c4ncnc(N)c34)cc2F)n1.CC(C)(C)n1cnc(NC(=O)Nc2ccc(-c3cn(C4CC4)c4ncnc(N)c34)cc2F)n1.CC1(c2cc(NC(=O)Nc3ccc(-c4cn(-c5ccccc5)c5ncnc(N)c45)cc3F)on2)CC1. The summed E-state index contributed by atoms with van der Waals surface area (Å²) in [6.45, 7) is 19.6. The fraction of sp³-hybridized carbons (Fsp3) is 0.295. The van der Waals surface area contributed by atoms with Crippen LogP contribution >= 0.6 is 11.5 Å². The minimum absolute atomic E-state index is 0. The quantitative estimate of drug-likeness (QED) is 0.0377. The van der Waals surface area contributed by atoms with Gasteiger partial charge in [-0.3, -0.25) is 21.3 Å². The molecule has 43 heteroatoms. The van der Waals surface area contributed by atoms with Gasteiger partial charge in [-0.2, -0.15) is 4.37 Å². The van der Waals surface area contributed by atoms with Gasteiger partial charge in [0.2, 0.25) is 22.9 Å². The molecule has 21 rings (SSSR count). The standard InChI is InChI=1S/C26H22FN7O2.C22H24FN9O.C22H23FN8O2.C22H23FN8OS.3CH4/c1-26(9-10-26)20-12-21(36-33-20)32-25(35)31-19-8-7-15(11-18(19)27)17-13-34(16-5-3-2-4-6-16)24-22(17)23(28)29-14-30-24;1-22(2,3)32-11-27-20(30-32)29-21(33)28-16-7-4-12(8-15(16)23)14-9-31(13-5-6-13)19-17(14)18(24)25-10-26-19;1-22(2,3)19-29-30-21(33-19)28-20(32)27-15-7-4-11(8-14(15)23)13-9-31(12-5-6-12)18-16(13)17(24)25-10-26-18;1-22(2,3)19-28-21(33-30-19)29-20(32)27-15-7-4-11(8-14(15)23)13-9-31(12-5-6-12)18-16(13)17(24)25-10-26-18;;;/h2-8,11-14H,9-10H2,1H3,(H2,28,29,30)(H2,31,32,35);4,7-11,13H,5-6H2,1-3H3,(H2,24,25,26)(H2,28,29,30,33);4,7-10,12H,5-6H2,1-3H3,(H2,24,25,26)(H2,27,28,30,32);4,7-10,12H,5-6H2,1-3H3,(H2,24,25,26)(H2,27,28,29,30,32);3*1H4. The van der Waals surface area contributed by atoms with Gasteiger partial charge in [0.05, 0.1) is 55.5 Å². The van der Waals surface area contributed by atoms with Crippen LogP contribution in [0.3, 0.4) is 0 Å². The van der Waals surface area contributed by atoms with Gasteiger partial charge in [-0.25, -0.2) is 91.3 Å². The van der Waals surface area contributed by atoms with Gasteiger partial charge in [0.25, 0.3) is 0 Å². The summed E-state index contributed by atoms with van der Waals surface area (Å²) < 4.78 is 84.5. The predicted octanol–water partition coefficient (Wildman–Crippen LogP) is 21.0. The smallest absolute Gasteiger partial charge is 0.327 e. The van der Waals surface area contributed by atoms with Crippen LogP contribution in [0.1, 0.15) is 178 Å². The van der Waals surface area contributed by atoms with Crippen molar-refractivity contribution in [3.63, 3.8) is 0 Å². The van der Waals surface area contributed by atoms with Crippen molar-refractivity contribution in [1.82, 2.24) is 97.6 Å². The Labute approximate surface area is 792 Å². The Morgan fingerprint density at radius 3 is 1.23 bits per heavy atom. The molecule has 0 unspecified atom stereocenters. The van der Waals surface area contributed by atoms with Crippen molar-refractivity contribution in [2.45, 2.75) is 183 Å². The number of nitrogens with one attached hydrogen (secondary N) is 8. The third-order valence-electron chi connectivity index (χ3n) is 22.9. The molecule has 4 aliphatic rings. The van der Waals surface area contributed by atoms with Crippen molar-refractivity contribution in [2.24, 2.45) is 0 Å². The van der Waals surface area contributed by atoms with Crippen molar-refractivity contribution in [3.05, 3.63) is 206 Å². The predicted molar refractivity (Wildman–Crippen MR) is 526 cm³/mol. The number of amides is 8. The van der Waals surface area contributed by atoms with E-state index in [0.29, 0.717) is 107 Å². The van der Waals surface area contributed by atoms with Gasteiger partial charge in [0, 0.05) is 105 Å². The van der Waals surface area contributed by atoms with Gasteiger partial charge in [-0.05, 0) is 155 Å². The van der Waals surface area contributed by atoms with Crippen molar-refractivity contribution >= 4 is 149 Å². The monoisotopic (exact) mass is 1900 g/mol. The third kappa shape index (κ3) is 20.6. The number of anilines is 12. The fourth-order valence-electron chi connectivity index (χ4n) is 15.0. The minimum atomic E-state index is -0.700. The van der Waals surface area contributed by atoms with Crippen LogP contribution in [0.25, 0.3) is 94.3 Å². The number of rotatable bonds is 17. The Morgan fingerprint density at radius 1 is 0.457 bits per heavy atom. The van der Waals surface area contributed by atoms with E-state index in [2.05, 4.69) is 138 Å². The van der Waals surface area contributed by atoms with E-state index >= 15 is 4.39 Å². The summed E-state index contributed by atoms with van der Waals surface area (Å²) >= 11 is 1.08. The van der Waals surface area contributed by atoms with E-state index in [1.807, 2.05) is 122 Å². The van der Waals surface area contributed by atoms with Crippen LogP contribution in [-0.4, -0.2) is 122 Å². The maximum atomic E-state index is 15.1. The first-order chi connectivity index (χ1) is 64.5. The third-order valence-corrected chi connectivity index (χ3v) is 23.5. The highest BCUT2D eigenvalue weighted by atomic mass is 32.1. The van der Waals surface area contributed by atoms with Crippen LogP contribution in [0.15, 0.2) is 175 Å². The zero-order valence-corrected chi connectivity index (χ0v) is 75.4. The molecule has 16 N–H and O–H groups in total. The summed E-state index contributed by atoms with van der Waals surface area (Å²) in [7, 11) is 0. The molecule has 17 aromatic rings. The number of nitrogens with zero attached hydrogens (tertiary/aromatic N) is 20. The van der Waals surface area contributed by atoms with Crippen LogP contribution in [-0.2, 0) is 21.8 Å². The second kappa shape index (κ2) is 38.2. The lowest BCUT2D eigenvalue weighted by molar-refractivity contribution is 0.260. The lowest BCUT2D eigenvalue weighted by atomic mass is 9.96. The van der Waals surface area contributed by atoms with E-state index in [9.17, 15) is 32.3 Å². The maximum Gasteiger partial charge on any atom is 0.327 e. The lowest BCUT2D eigenvalue weighted by Gasteiger charge is -2.17. The Bertz CT molecular complexity index is 6950. The van der Waals surface area contributed by atoms with Crippen molar-refractivity contribution in [1.29, 1.82) is 0 Å². The molecule has 714 valence electrons. The number of hydrogen-bond acceptors (Lipinski definition) is 26. The molecule has 4 saturated carbocycles. The number of hydrogen-bond donors (Lipinski definition) is 12. The zero-order valence-electron chi connectivity index (χ0n) is 74.6. The Balaban J connectivity index is 0.000000139. The fourth-order valence-corrected chi connectivity index (χ4v) is 15.7. The molecule has 12 aromatic heterocycles. The number of nitrogen functional groups attached to an aromatic ring is 4. The molecular formula is C95H104F4N32O6S. The van der Waals surface area contributed by atoms with Gasteiger partial charge < -0.3 is 71.4 Å². The summed E-state index contributed by atoms with van der Waals surface area (Å²) in [5.41, 5.74) is 33.7. The van der Waals surface area contributed by atoms with Crippen molar-refractivity contribution in [2.75, 3.05) is 65.5 Å². The van der Waals surface area contributed by atoms with Crippen molar-refractivity contribution in [3.8, 4) is 50.2 Å². The average Bonchev–Trinajstić information content (AvgIpc) is 1.59. The molecule has 0 spiro atoms. The summed E-state index contributed by atoms with van der Waals surface area (Å²) in [6.07, 6.45) is 23.4. The molecule has 0 atom stereocenters. The second-order valence-corrected chi connectivity index (χ2v) is 37.1. The molecule has 0 aliphatic heterocycles. The van der Waals surface area contributed by atoms with E-state index in [-0.39, 0.29) is 90.5 Å². The number of urea groups is 4. The molecule has 8 amide bonds.